The molecule has 2 atom stereocenters. The third kappa shape index (κ3) is 8.48. The molecule has 0 aromatic carbocycles. The zero-order chi connectivity index (χ0) is 26.3. The second kappa shape index (κ2) is 16.7. The minimum absolute atomic E-state index is 0.0222. The molecule has 2 aliphatic rings. The fraction of sp³-hybridized carbons (Fsp3) is 0.500. The van der Waals surface area contributed by atoms with Gasteiger partial charge in [-0.1, -0.05) is 41.0 Å². The fourth-order valence-corrected chi connectivity index (χ4v) is 3.55. The summed E-state index contributed by atoms with van der Waals surface area (Å²) in [5, 5.41) is 7.00. The lowest BCUT2D eigenvalue weighted by atomic mass is 9.79. The molecule has 2 aliphatic carbocycles. The summed E-state index contributed by atoms with van der Waals surface area (Å²) in [4.78, 5) is 19.5. The van der Waals surface area contributed by atoms with E-state index in [0.29, 0.717) is 24.2 Å². The molecule has 1 unspecified atom stereocenters. The molecule has 1 aromatic rings. The van der Waals surface area contributed by atoms with Crippen molar-refractivity contribution in [2.75, 3.05) is 7.11 Å². The molecule has 190 valence electrons. The van der Waals surface area contributed by atoms with Crippen LogP contribution in [0.25, 0.3) is 0 Å². The predicted octanol–water partition coefficient (Wildman–Crippen LogP) is 5.78. The van der Waals surface area contributed by atoms with E-state index in [0.717, 1.165) is 25.5 Å². The van der Waals surface area contributed by atoms with Crippen LogP contribution in [0.15, 0.2) is 58.6 Å². The largest absolute Gasteiger partial charge is 0.401 e. The molecule has 34 heavy (non-hydrogen) atoms. The van der Waals surface area contributed by atoms with Crippen molar-refractivity contribution in [3.63, 3.8) is 0 Å². The SMILES string of the molecule is CC.CCC.CO.C[C@H]1CCC(c2nccc(C=O)n2)C(N)=C1/C=C(\N)C1=C(F)CCC=C1F. The Kier molecular flexibility index (Phi) is 15.3. The van der Waals surface area contributed by atoms with Crippen LogP contribution in [-0.2, 0) is 0 Å². The Morgan fingerprint density at radius 1 is 1.24 bits per heavy atom. The number of hydrogen-bond acceptors (Lipinski definition) is 6. The molecule has 6 nitrogen and oxygen atoms in total. The van der Waals surface area contributed by atoms with Crippen molar-refractivity contribution in [1.29, 1.82) is 0 Å². The normalized spacial score (nSPS) is 20.0. The zero-order valence-corrected chi connectivity index (χ0v) is 21.2. The molecular formula is C26H40F2N4O2. The lowest BCUT2D eigenvalue weighted by Gasteiger charge is -2.29. The first kappa shape index (κ1) is 31.1. The summed E-state index contributed by atoms with van der Waals surface area (Å²) in [6.07, 6.45) is 8.29. The minimum Gasteiger partial charge on any atom is -0.401 e. The fourth-order valence-electron chi connectivity index (χ4n) is 3.55. The quantitative estimate of drug-likeness (QED) is 0.473. The second-order valence-corrected chi connectivity index (χ2v) is 7.58. The van der Waals surface area contributed by atoms with E-state index in [4.69, 9.17) is 16.6 Å². The van der Waals surface area contributed by atoms with Crippen molar-refractivity contribution in [1.82, 2.24) is 9.97 Å². The van der Waals surface area contributed by atoms with Crippen molar-refractivity contribution < 1.29 is 18.7 Å². The number of carbonyl (C=O) groups is 1. The Morgan fingerprint density at radius 3 is 2.41 bits per heavy atom. The van der Waals surface area contributed by atoms with Crippen LogP contribution in [0.5, 0.6) is 0 Å². The van der Waals surface area contributed by atoms with E-state index >= 15 is 0 Å². The van der Waals surface area contributed by atoms with Gasteiger partial charge in [0, 0.05) is 31.1 Å². The maximum absolute atomic E-state index is 14.1. The number of rotatable bonds is 4. The molecule has 0 bridgehead atoms. The van der Waals surface area contributed by atoms with Gasteiger partial charge >= 0.3 is 0 Å². The number of aromatic nitrogens is 2. The van der Waals surface area contributed by atoms with E-state index in [1.807, 2.05) is 20.8 Å². The molecule has 0 fully saturated rings. The third-order valence-electron chi connectivity index (χ3n) is 5.05. The van der Waals surface area contributed by atoms with Crippen molar-refractivity contribution >= 4 is 6.29 Å². The van der Waals surface area contributed by atoms with Crippen LogP contribution in [0.3, 0.4) is 0 Å². The minimum atomic E-state index is -0.645. The highest BCUT2D eigenvalue weighted by Crippen LogP contribution is 2.39. The van der Waals surface area contributed by atoms with E-state index in [9.17, 15) is 13.6 Å². The molecule has 0 saturated heterocycles. The summed E-state index contributed by atoms with van der Waals surface area (Å²) >= 11 is 0. The highest BCUT2D eigenvalue weighted by molar-refractivity contribution is 5.71. The third-order valence-corrected chi connectivity index (χ3v) is 5.05. The zero-order valence-electron chi connectivity index (χ0n) is 21.2. The van der Waals surface area contributed by atoms with Crippen molar-refractivity contribution in [2.45, 2.75) is 72.6 Å². The Morgan fingerprint density at radius 2 is 1.85 bits per heavy atom. The van der Waals surface area contributed by atoms with Crippen LogP contribution in [-0.4, -0.2) is 28.5 Å². The average molecular weight is 479 g/mol. The molecule has 0 aliphatic heterocycles. The topological polar surface area (TPSA) is 115 Å². The molecule has 8 heteroatoms. The summed E-state index contributed by atoms with van der Waals surface area (Å²) in [5.41, 5.74) is 13.8. The first-order valence-corrected chi connectivity index (χ1v) is 11.8. The van der Waals surface area contributed by atoms with Crippen molar-refractivity contribution in [3.05, 3.63) is 70.1 Å². The second-order valence-electron chi connectivity index (χ2n) is 7.58. The number of aliphatic hydroxyl groups excluding tert-OH is 1. The van der Waals surface area contributed by atoms with Crippen molar-refractivity contribution in [3.8, 4) is 0 Å². The van der Waals surface area contributed by atoms with Crippen molar-refractivity contribution in [2.24, 2.45) is 17.4 Å². The van der Waals surface area contributed by atoms with Gasteiger partial charge in [-0.25, -0.2) is 18.7 Å². The van der Waals surface area contributed by atoms with Crippen LogP contribution in [0.1, 0.15) is 89.0 Å². The summed E-state index contributed by atoms with van der Waals surface area (Å²) in [5.74, 6) is -0.930. The smallest absolute Gasteiger partial charge is 0.168 e. The molecule has 5 N–H and O–H groups in total. The summed E-state index contributed by atoms with van der Waals surface area (Å²) in [7, 11) is 1.00. The number of halogens is 2. The number of nitrogens with two attached hydrogens (primary N) is 2. The Labute approximate surface area is 202 Å². The van der Waals surface area contributed by atoms with Gasteiger partial charge in [-0.15, -0.1) is 0 Å². The molecule has 1 aromatic heterocycles. The van der Waals surface area contributed by atoms with E-state index in [1.165, 1.54) is 24.8 Å². The van der Waals surface area contributed by atoms with Gasteiger partial charge in [0.25, 0.3) is 0 Å². The van der Waals surface area contributed by atoms with Gasteiger partial charge < -0.3 is 16.6 Å². The summed E-state index contributed by atoms with van der Waals surface area (Å²) in [6.45, 7) is 10.2. The van der Waals surface area contributed by atoms with E-state index in [-0.39, 0.29) is 35.2 Å². The number of aliphatic hydroxyl groups is 1. The Balaban J connectivity index is 0.00000141. The van der Waals surface area contributed by atoms with Gasteiger partial charge in [0.2, 0.25) is 0 Å². The predicted molar refractivity (Wildman–Crippen MR) is 134 cm³/mol. The maximum atomic E-state index is 14.1. The number of nitrogens with zero attached hydrogens (tertiary/aromatic N) is 2. The first-order chi connectivity index (χ1) is 16.3. The van der Waals surface area contributed by atoms with Crippen LogP contribution in [0, 0.1) is 5.92 Å². The van der Waals surface area contributed by atoms with E-state index in [2.05, 4.69) is 23.8 Å². The number of allylic oxidation sites excluding steroid dienone is 6. The molecule has 3 rings (SSSR count). The van der Waals surface area contributed by atoms with Gasteiger partial charge in [0.1, 0.15) is 23.2 Å². The highest BCUT2D eigenvalue weighted by Gasteiger charge is 2.29. The van der Waals surface area contributed by atoms with E-state index in [1.54, 1.807) is 6.08 Å². The van der Waals surface area contributed by atoms with Gasteiger partial charge in [0.05, 0.1) is 11.5 Å². The molecule has 1 heterocycles. The number of carbonyl (C=O) groups excluding carboxylic acids is 1. The van der Waals surface area contributed by atoms with Gasteiger partial charge in [0.15, 0.2) is 6.29 Å². The first-order valence-electron chi connectivity index (χ1n) is 11.8. The molecule has 0 saturated carbocycles. The average Bonchev–Trinajstić information content (AvgIpc) is 2.85. The lowest BCUT2D eigenvalue weighted by molar-refractivity contribution is 0.111. The molecule has 0 spiro atoms. The van der Waals surface area contributed by atoms with Gasteiger partial charge in [-0.05, 0) is 49.0 Å². The number of aldehydes is 1. The van der Waals surface area contributed by atoms with Crippen LogP contribution in [0.2, 0.25) is 0 Å². The monoisotopic (exact) mass is 478 g/mol. The summed E-state index contributed by atoms with van der Waals surface area (Å²) in [6, 6.07) is 1.52. The van der Waals surface area contributed by atoms with E-state index < -0.39 is 11.7 Å². The Bertz CT molecular complexity index is 908. The van der Waals surface area contributed by atoms with Crippen LogP contribution < -0.4 is 11.5 Å². The van der Waals surface area contributed by atoms with Gasteiger partial charge in [-0.3, -0.25) is 4.79 Å². The summed E-state index contributed by atoms with van der Waals surface area (Å²) < 4.78 is 28.2. The molecular weight excluding hydrogens is 438 g/mol. The van der Waals surface area contributed by atoms with Crippen LogP contribution >= 0.6 is 0 Å². The lowest BCUT2D eigenvalue weighted by Crippen LogP contribution is -2.24. The number of hydrogen-bond donors (Lipinski definition) is 3. The standard InChI is InChI=1S/C20H22F2N4O.C3H8.C2H6.CH4O/c1-11-5-6-13(20-25-8-7-12(10-27)26-20)19(24)14(11)9-17(23)18-15(21)3-2-4-16(18)22;1-3-2;2*1-2/h3,7-11,13H,2,4-6,23-24H2,1H3;3H2,1-2H3;1-2H3;2H,1H3/b17-9-;;;/t11-,13?;;;/m0.../s1. The molecule has 0 radical (unpaired) electrons. The molecule has 0 amide bonds. The van der Waals surface area contributed by atoms with Gasteiger partial charge in [-0.2, -0.15) is 0 Å². The maximum Gasteiger partial charge on any atom is 0.168 e. The Hall–Kier alpha value is -2.87. The van der Waals surface area contributed by atoms with Crippen LogP contribution in [0.4, 0.5) is 8.78 Å². The highest BCUT2D eigenvalue weighted by atomic mass is 19.1.